The van der Waals surface area contributed by atoms with Crippen molar-refractivity contribution in [1.29, 1.82) is 0 Å². The average molecular weight is 948 g/mol. The third kappa shape index (κ3) is 23.5. The van der Waals surface area contributed by atoms with E-state index in [9.17, 15) is 20.4 Å². The lowest BCUT2D eigenvalue weighted by atomic mass is 9.50. The first-order valence-electron chi connectivity index (χ1n) is 30.0. The molecular weight excluding hydrogens is 825 g/mol. The number of rotatable bonds is 7. The maximum Gasteiger partial charge on any atom is 0.0571 e. The van der Waals surface area contributed by atoms with Gasteiger partial charge in [0.15, 0.2) is 0 Å². The molecule has 0 aromatic carbocycles. The van der Waals surface area contributed by atoms with Crippen molar-refractivity contribution >= 4 is 0 Å². The monoisotopic (exact) mass is 947 g/mol. The summed E-state index contributed by atoms with van der Waals surface area (Å²) in [5.41, 5.74) is 0.898. The highest BCUT2D eigenvalue weighted by Crippen LogP contribution is 2.60. The second-order valence-electron chi connectivity index (χ2n) is 26.5. The molecule has 8 aliphatic carbocycles. The van der Waals surface area contributed by atoms with Crippen LogP contribution in [0.5, 0.6) is 0 Å². The minimum atomic E-state index is -0.0162. The van der Waals surface area contributed by atoms with Gasteiger partial charge in [-0.05, 0) is 178 Å². The SMILES string of the molecule is CC(C)C1CC2(CCC2)C1.CC(C)C1CCC1O.CC(C)C1CCCC1O.CC(C)C1CCCCC1.CC(C)C1CCCCC1O.CC(C)C1CCCCC1O.CC(C)C1CCCCCC1O. The van der Waals surface area contributed by atoms with Gasteiger partial charge in [0.05, 0.1) is 30.5 Å². The van der Waals surface area contributed by atoms with Crippen LogP contribution in [0.15, 0.2) is 0 Å². The molecule has 0 aliphatic heterocycles. The van der Waals surface area contributed by atoms with Crippen molar-refractivity contribution in [3.63, 3.8) is 0 Å². The van der Waals surface area contributed by atoms with Gasteiger partial charge in [0.2, 0.25) is 0 Å². The van der Waals surface area contributed by atoms with E-state index in [2.05, 4.69) is 96.9 Å². The zero-order valence-corrected chi connectivity index (χ0v) is 47.5. The number of hydrogen-bond donors (Lipinski definition) is 5. The fraction of sp³-hybridized carbons (Fsp3) is 1.00. The normalized spacial score (nSPS) is 32.9. The van der Waals surface area contributed by atoms with E-state index in [0.29, 0.717) is 59.2 Å². The van der Waals surface area contributed by atoms with Crippen molar-refractivity contribution < 1.29 is 25.5 Å². The molecule has 0 radical (unpaired) electrons. The second kappa shape index (κ2) is 33.5. The first-order valence-corrected chi connectivity index (χ1v) is 30.0. The summed E-state index contributed by atoms with van der Waals surface area (Å²) in [5, 5.41) is 47.2. The topological polar surface area (TPSA) is 101 Å². The minimum absolute atomic E-state index is 0.00463. The van der Waals surface area contributed by atoms with Gasteiger partial charge in [0.25, 0.3) is 0 Å². The maximum absolute atomic E-state index is 9.72. The van der Waals surface area contributed by atoms with Crippen LogP contribution in [0.4, 0.5) is 0 Å². The molecule has 10 unspecified atom stereocenters. The molecule has 0 aromatic heterocycles. The van der Waals surface area contributed by atoms with Gasteiger partial charge in [-0.3, -0.25) is 0 Å². The third-order valence-electron chi connectivity index (χ3n) is 19.0. The zero-order valence-electron chi connectivity index (χ0n) is 47.5. The summed E-state index contributed by atoms with van der Waals surface area (Å²) < 4.78 is 0. The van der Waals surface area contributed by atoms with Crippen molar-refractivity contribution in [1.82, 2.24) is 0 Å². The highest BCUT2D eigenvalue weighted by Gasteiger charge is 2.48. The number of aliphatic hydroxyl groups excluding tert-OH is 5. The standard InChI is InChI=1S/C10H20O.C10H18.2C9H18O.C9H18.C8H16O.C7H14O/c1-8(2)9-6-4-3-5-7-10(9)11;1-8(2)9-6-10(7-9)4-3-5-10;2*1-7(2)8-5-3-4-6-9(8)10;1-8(2)9-6-4-3-5-7-9;1-6(2)7-4-3-5-8(7)9;1-5(2)6-3-4-7(6)8/h8-11H,3-7H2,1-2H3;8-9H,3-7H2,1-2H3;2*7-10H,3-6H2,1-2H3;8-9H,3-7H2,1-2H3;6-9H,3-5H2,1-2H3;5-8H,3-4H2,1-2H3. The predicted molar refractivity (Wildman–Crippen MR) is 290 cm³/mol. The lowest BCUT2D eigenvalue weighted by Gasteiger charge is -2.55. The molecule has 5 nitrogen and oxygen atoms in total. The fourth-order valence-corrected chi connectivity index (χ4v) is 13.4. The third-order valence-corrected chi connectivity index (χ3v) is 19.0. The molecule has 1 spiro atoms. The van der Waals surface area contributed by atoms with Crippen LogP contribution in [-0.2, 0) is 0 Å². The molecule has 0 saturated heterocycles. The number of aliphatic hydroxyl groups is 5. The Hall–Kier alpha value is -0.200. The molecule has 8 saturated carbocycles. The minimum Gasteiger partial charge on any atom is -0.393 e. The van der Waals surface area contributed by atoms with Crippen LogP contribution < -0.4 is 0 Å². The summed E-state index contributed by atoms with van der Waals surface area (Å²) in [7, 11) is 0. The van der Waals surface area contributed by atoms with Gasteiger partial charge in [0.1, 0.15) is 0 Å². The van der Waals surface area contributed by atoms with E-state index in [1.165, 1.54) is 122 Å². The van der Waals surface area contributed by atoms with Crippen LogP contribution in [0.3, 0.4) is 0 Å². The molecule has 67 heavy (non-hydrogen) atoms. The summed E-state index contributed by atoms with van der Waals surface area (Å²) in [5.74, 6) is 10.3. The molecule has 10 atom stereocenters. The Morgan fingerprint density at radius 2 is 0.522 bits per heavy atom. The smallest absolute Gasteiger partial charge is 0.0571 e. The first kappa shape index (κ1) is 62.9. The van der Waals surface area contributed by atoms with Crippen molar-refractivity contribution in [2.45, 2.75) is 307 Å². The summed E-state index contributed by atoms with van der Waals surface area (Å²) in [6, 6.07) is 0. The molecular formula is C62H122O5. The van der Waals surface area contributed by atoms with Gasteiger partial charge >= 0.3 is 0 Å². The van der Waals surface area contributed by atoms with E-state index >= 15 is 0 Å². The van der Waals surface area contributed by atoms with Crippen molar-refractivity contribution in [2.75, 3.05) is 0 Å². The van der Waals surface area contributed by atoms with Crippen molar-refractivity contribution in [3.05, 3.63) is 0 Å². The molecule has 0 bridgehead atoms. The Morgan fingerprint density at radius 1 is 0.254 bits per heavy atom. The van der Waals surface area contributed by atoms with Gasteiger partial charge in [-0.2, -0.15) is 0 Å². The molecule has 8 aliphatic rings. The van der Waals surface area contributed by atoms with Crippen LogP contribution >= 0.6 is 0 Å². The Kier molecular flexibility index (Phi) is 31.5. The number of hydrogen-bond acceptors (Lipinski definition) is 5. The van der Waals surface area contributed by atoms with Gasteiger partial charge < -0.3 is 25.5 Å². The zero-order chi connectivity index (χ0) is 50.3. The van der Waals surface area contributed by atoms with Crippen LogP contribution in [0.1, 0.15) is 277 Å². The van der Waals surface area contributed by atoms with Crippen molar-refractivity contribution in [2.24, 2.45) is 88.3 Å². The van der Waals surface area contributed by atoms with Crippen LogP contribution in [0.2, 0.25) is 0 Å². The summed E-state index contributed by atoms with van der Waals surface area (Å²) >= 11 is 0. The highest BCUT2D eigenvalue weighted by molar-refractivity contribution is 4.99. The Labute approximate surface area is 419 Å². The molecule has 0 aromatic rings. The van der Waals surface area contributed by atoms with Gasteiger partial charge in [-0.25, -0.2) is 0 Å². The van der Waals surface area contributed by atoms with Gasteiger partial charge in [-0.15, -0.1) is 0 Å². The lowest BCUT2D eigenvalue weighted by molar-refractivity contribution is -0.0435. The maximum atomic E-state index is 9.72. The van der Waals surface area contributed by atoms with E-state index in [1.54, 1.807) is 25.7 Å². The summed E-state index contributed by atoms with van der Waals surface area (Å²) in [4.78, 5) is 0. The molecule has 400 valence electrons. The molecule has 0 amide bonds. The lowest BCUT2D eigenvalue weighted by Crippen LogP contribution is -2.44. The average Bonchev–Trinajstić information content (AvgIpc) is 3.55. The molecule has 8 fully saturated rings. The summed E-state index contributed by atoms with van der Waals surface area (Å²) in [6.07, 6.45) is 36.7. The Bertz CT molecular complexity index is 1150. The Balaban J connectivity index is 0.000000269. The largest absolute Gasteiger partial charge is 0.393 e. The molecule has 8 rings (SSSR count). The van der Waals surface area contributed by atoms with Crippen LogP contribution in [0, 0.1) is 88.3 Å². The van der Waals surface area contributed by atoms with E-state index in [-0.39, 0.29) is 30.5 Å². The van der Waals surface area contributed by atoms with E-state index in [0.717, 1.165) is 61.2 Å². The second-order valence-corrected chi connectivity index (χ2v) is 26.5. The van der Waals surface area contributed by atoms with Crippen LogP contribution in [-0.4, -0.2) is 56.1 Å². The summed E-state index contributed by atoms with van der Waals surface area (Å²) in [6.45, 7) is 31.5. The first-order chi connectivity index (χ1) is 31.6. The van der Waals surface area contributed by atoms with E-state index in [1.807, 2.05) is 0 Å². The van der Waals surface area contributed by atoms with E-state index in [4.69, 9.17) is 5.11 Å². The molecule has 5 N–H and O–H groups in total. The van der Waals surface area contributed by atoms with Crippen LogP contribution in [0.25, 0.3) is 0 Å². The molecule has 0 heterocycles. The predicted octanol–water partition coefficient (Wildman–Crippen LogP) is 16.6. The Morgan fingerprint density at radius 3 is 0.761 bits per heavy atom. The molecule has 5 heteroatoms. The quantitative estimate of drug-likeness (QED) is 0.164. The van der Waals surface area contributed by atoms with Gasteiger partial charge in [0, 0.05) is 0 Å². The van der Waals surface area contributed by atoms with E-state index < -0.39 is 0 Å². The van der Waals surface area contributed by atoms with Gasteiger partial charge in [-0.1, -0.05) is 187 Å². The fourth-order valence-electron chi connectivity index (χ4n) is 13.4. The highest BCUT2D eigenvalue weighted by atomic mass is 16.3. The van der Waals surface area contributed by atoms with Crippen molar-refractivity contribution in [3.8, 4) is 0 Å².